The number of carbonyl (C=O) groups is 1. The van der Waals surface area contributed by atoms with Gasteiger partial charge in [0.15, 0.2) is 5.78 Å². The van der Waals surface area contributed by atoms with Crippen molar-refractivity contribution < 1.29 is 14.6 Å². The van der Waals surface area contributed by atoms with Crippen LogP contribution in [0.15, 0.2) is 17.8 Å². The van der Waals surface area contributed by atoms with Gasteiger partial charge in [-0.1, -0.05) is 0 Å². The van der Waals surface area contributed by atoms with Gasteiger partial charge in [0.25, 0.3) is 0 Å². The monoisotopic (exact) mass is 216 g/mol. The molecule has 0 amide bonds. The first-order chi connectivity index (χ1) is 7.67. The van der Waals surface area contributed by atoms with Crippen LogP contribution >= 0.6 is 0 Å². The van der Waals surface area contributed by atoms with Crippen LogP contribution in [0.1, 0.15) is 11.1 Å². The van der Waals surface area contributed by atoms with Gasteiger partial charge in [0.05, 0.1) is 7.11 Å². The first kappa shape index (κ1) is 10.2. The number of rotatable bonds is 1. The number of aromatic nitrogens is 1. The summed E-state index contributed by atoms with van der Waals surface area (Å²) in [6, 6.07) is 3.21. The zero-order chi connectivity index (χ0) is 11.7. The highest BCUT2D eigenvalue weighted by atomic mass is 16.5. The highest BCUT2D eigenvalue weighted by Gasteiger charge is 2.26. The van der Waals surface area contributed by atoms with Gasteiger partial charge in [0, 0.05) is 24.2 Å². The summed E-state index contributed by atoms with van der Waals surface area (Å²) in [5, 5.41) is 18.5. The molecule has 0 aromatic carbocycles. The van der Waals surface area contributed by atoms with Crippen LogP contribution in [0.25, 0.3) is 5.76 Å². The Morgan fingerprint density at radius 3 is 3.00 bits per heavy atom. The average Bonchev–Trinajstić information content (AvgIpc) is 2.29. The third-order valence-corrected chi connectivity index (χ3v) is 2.40. The number of hydrogen-bond donors (Lipinski definition) is 1. The van der Waals surface area contributed by atoms with Gasteiger partial charge in [-0.2, -0.15) is 5.26 Å². The Hall–Kier alpha value is -2.35. The minimum Gasteiger partial charge on any atom is -0.506 e. The molecule has 1 aromatic heterocycles. The summed E-state index contributed by atoms with van der Waals surface area (Å²) in [6.07, 6.45) is 1.55. The Bertz CT molecular complexity index is 541. The minimum absolute atomic E-state index is 0.0826. The van der Waals surface area contributed by atoms with E-state index in [9.17, 15) is 9.90 Å². The number of aliphatic hydroxyl groups is 1. The van der Waals surface area contributed by atoms with E-state index in [0.717, 1.165) is 0 Å². The molecule has 1 N–H and O–H groups in total. The van der Waals surface area contributed by atoms with Gasteiger partial charge >= 0.3 is 0 Å². The number of ether oxygens (including phenoxy) is 1. The second-order valence-electron chi connectivity index (χ2n) is 3.32. The van der Waals surface area contributed by atoms with Crippen molar-refractivity contribution in [3.8, 4) is 11.9 Å². The highest BCUT2D eigenvalue weighted by molar-refractivity contribution is 6.08. The molecule has 0 saturated carbocycles. The number of aliphatic hydroxyl groups excluding tert-OH is 1. The lowest BCUT2D eigenvalue weighted by Gasteiger charge is -2.15. The molecule has 1 aromatic rings. The first-order valence-corrected chi connectivity index (χ1v) is 4.57. The molecule has 0 saturated heterocycles. The van der Waals surface area contributed by atoms with E-state index in [1.807, 2.05) is 0 Å². The summed E-state index contributed by atoms with van der Waals surface area (Å²) < 4.78 is 4.91. The van der Waals surface area contributed by atoms with Crippen molar-refractivity contribution in [2.45, 2.75) is 6.42 Å². The van der Waals surface area contributed by atoms with E-state index in [-0.39, 0.29) is 23.5 Å². The average molecular weight is 216 g/mol. The molecule has 2 rings (SSSR count). The Labute approximate surface area is 91.6 Å². The van der Waals surface area contributed by atoms with Crippen LogP contribution < -0.4 is 4.74 Å². The number of methoxy groups -OCH3 is 1. The molecule has 0 unspecified atom stereocenters. The summed E-state index contributed by atoms with van der Waals surface area (Å²) in [7, 11) is 1.45. The summed E-state index contributed by atoms with van der Waals surface area (Å²) in [6.45, 7) is 0. The molecular formula is C11H8N2O3. The number of hydrogen-bond acceptors (Lipinski definition) is 5. The number of pyridine rings is 1. The van der Waals surface area contributed by atoms with Gasteiger partial charge in [0.1, 0.15) is 17.4 Å². The fraction of sp³-hybridized carbons (Fsp3) is 0.182. The predicted octanol–water partition coefficient (Wildman–Crippen LogP) is 1.01. The van der Waals surface area contributed by atoms with Crippen molar-refractivity contribution in [3.05, 3.63) is 29.0 Å². The summed E-state index contributed by atoms with van der Waals surface area (Å²) in [4.78, 5) is 15.4. The Morgan fingerprint density at radius 1 is 1.62 bits per heavy atom. The maximum Gasteiger partial charge on any atom is 0.213 e. The summed E-state index contributed by atoms with van der Waals surface area (Å²) >= 11 is 0. The molecule has 5 heteroatoms. The van der Waals surface area contributed by atoms with Gasteiger partial charge in [-0.15, -0.1) is 0 Å². The van der Waals surface area contributed by atoms with Crippen molar-refractivity contribution >= 4 is 11.5 Å². The Balaban J connectivity index is 2.64. The highest BCUT2D eigenvalue weighted by Crippen LogP contribution is 2.28. The Morgan fingerprint density at radius 2 is 2.38 bits per heavy atom. The molecule has 0 aliphatic heterocycles. The fourth-order valence-electron chi connectivity index (χ4n) is 1.58. The Kier molecular flexibility index (Phi) is 2.33. The van der Waals surface area contributed by atoms with E-state index in [4.69, 9.17) is 10.00 Å². The van der Waals surface area contributed by atoms with Gasteiger partial charge in [-0.3, -0.25) is 4.79 Å². The van der Waals surface area contributed by atoms with Crippen molar-refractivity contribution in [2.75, 3.05) is 7.11 Å². The van der Waals surface area contributed by atoms with Crippen LogP contribution in [0.3, 0.4) is 0 Å². The molecule has 80 valence electrons. The molecule has 16 heavy (non-hydrogen) atoms. The number of nitrogens with zero attached hydrogens (tertiary/aromatic N) is 2. The lowest BCUT2D eigenvalue weighted by molar-refractivity contribution is -0.114. The predicted molar refractivity (Wildman–Crippen MR) is 54.7 cm³/mol. The third kappa shape index (κ3) is 1.41. The number of nitriles is 1. The van der Waals surface area contributed by atoms with Gasteiger partial charge in [-0.05, 0) is 5.56 Å². The smallest absolute Gasteiger partial charge is 0.213 e. The molecule has 0 radical (unpaired) electrons. The van der Waals surface area contributed by atoms with E-state index in [1.54, 1.807) is 6.07 Å². The van der Waals surface area contributed by atoms with Gasteiger partial charge in [-0.25, -0.2) is 4.98 Å². The topological polar surface area (TPSA) is 83.2 Å². The van der Waals surface area contributed by atoms with E-state index in [1.165, 1.54) is 19.4 Å². The second-order valence-corrected chi connectivity index (χ2v) is 3.32. The maximum absolute atomic E-state index is 11.5. The normalized spacial score (nSPS) is 14.4. The van der Waals surface area contributed by atoms with Crippen LogP contribution in [0.4, 0.5) is 0 Å². The molecule has 1 heterocycles. The van der Waals surface area contributed by atoms with Crippen LogP contribution in [0.2, 0.25) is 0 Å². The van der Waals surface area contributed by atoms with E-state index < -0.39 is 0 Å². The SMILES string of the molecule is COc1cc2c(cn1)CC(=O)C(C#N)=C2O. The van der Waals surface area contributed by atoms with E-state index >= 15 is 0 Å². The molecular weight excluding hydrogens is 208 g/mol. The van der Waals surface area contributed by atoms with E-state index in [2.05, 4.69) is 4.98 Å². The molecule has 1 aliphatic rings. The lowest BCUT2D eigenvalue weighted by atomic mass is 9.91. The standard InChI is InChI=1S/C11H8N2O3/c1-16-10-3-7-6(5-13-10)2-9(14)8(4-12)11(7)15/h3,5,15H,2H2,1H3. The summed E-state index contributed by atoms with van der Waals surface area (Å²) in [5.41, 5.74) is 0.825. The zero-order valence-electron chi connectivity index (χ0n) is 8.52. The number of allylic oxidation sites excluding steroid dienone is 1. The van der Waals surface area contributed by atoms with Gasteiger partial charge in [0.2, 0.25) is 5.88 Å². The largest absolute Gasteiger partial charge is 0.506 e. The molecule has 0 fully saturated rings. The van der Waals surface area contributed by atoms with Crippen molar-refractivity contribution in [2.24, 2.45) is 0 Å². The molecule has 5 nitrogen and oxygen atoms in total. The number of ketones is 1. The van der Waals surface area contributed by atoms with Crippen LogP contribution in [0, 0.1) is 11.3 Å². The quantitative estimate of drug-likeness (QED) is 0.757. The van der Waals surface area contributed by atoms with Crippen molar-refractivity contribution in [1.29, 1.82) is 5.26 Å². The number of Topliss-reactive ketones (excluding diaryl/α,β-unsaturated/α-hetero) is 1. The third-order valence-electron chi connectivity index (χ3n) is 2.40. The molecule has 0 spiro atoms. The van der Waals surface area contributed by atoms with Crippen LogP contribution in [-0.4, -0.2) is 23.0 Å². The summed E-state index contributed by atoms with van der Waals surface area (Å²) in [5.74, 6) is -0.356. The van der Waals surface area contributed by atoms with Crippen molar-refractivity contribution in [1.82, 2.24) is 4.98 Å². The van der Waals surface area contributed by atoms with Crippen LogP contribution in [0.5, 0.6) is 5.88 Å². The zero-order valence-corrected chi connectivity index (χ0v) is 8.52. The second kappa shape index (κ2) is 3.66. The minimum atomic E-state index is -0.389. The molecule has 1 aliphatic carbocycles. The maximum atomic E-state index is 11.5. The van der Waals surface area contributed by atoms with Gasteiger partial charge < -0.3 is 9.84 Å². The molecule has 0 atom stereocenters. The van der Waals surface area contributed by atoms with Crippen LogP contribution in [-0.2, 0) is 11.2 Å². The number of carbonyl (C=O) groups excluding carboxylic acids is 1. The van der Waals surface area contributed by atoms with Crippen molar-refractivity contribution in [3.63, 3.8) is 0 Å². The van der Waals surface area contributed by atoms with E-state index in [0.29, 0.717) is 17.0 Å². The first-order valence-electron chi connectivity index (χ1n) is 4.57. The number of fused-ring (bicyclic) bond motifs is 1. The lowest BCUT2D eigenvalue weighted by Crippen LogP contribution is -2.15. The fourth-order valence-corrected chi connectivity index (χ4v) is 1.58. The molecule has 0 bridgehead atoms.